The van der Waals surface area contributed by atoms with Crippen LogP contribution in [0.5, 0.6) is 0 Å². The summed E-state index contributed by atoms with van der Waals surface area (Å²) in [7, 11) is 1.53. The highest BCUT2D eigenvalue weighted by molar-refractivity contribution is 7.17. The van der Waals surface area contributed by atoms with Crippen molar-refractivity contribution in [3.05, 3.63) is 77.5 Å². The molecule has 1 saturated heterocycles. The number of carbonyl (C=O) groups excluding carboxylic acids is 2. The first-order valence-corrected chi connectivity index (χ1v) is 12.4. The number of hydrogen-bond acceptors (Lipinski definition) is 4. The SMILES string of the molecule is Cc1cccc(C(=O)Nc2ccc(N3CCC(CC(N)=O)CC3)cn2)c1-c1ccc(C(F)(F)P)cc1. The maximum absolute atomic E-state index is 13.6. The normalized spacial score (nSPS) is 14.5. The smallest absolute Gasteiger partial charge is 0.283 e. The summed E-state index contributed by atoms with van der Waals surface area (Å²) >= 11 is 0. The fraction of sp³-hybridized carbons (Fsp3) is 0.296. The van der Waals surface area contributed by atoms with Crippen LogP contribution in [0.3, 0.4) is 0 Å². The highest BCUT2D eigenvalue weighted by Gasteiger charge is 2.25. The lowest BCUT2D eigenvalue weighted by Crippen LogP contribution is -2.35. The molecule has 1 aromatic heterocycles. The predicted molar refractivity (Wildman–Crippen MR) is 141 cm³/mol. The summed E-state index contributed by atoms with van der Waals surface area (Å²) in [6, 6.07) is 15.0. The molecule has 0 radical (unpaired) electrons. The number of carbonyl (C=O) groups is 2. The summed E-state index contributed by atoms with van der Waals surface area (Å²) in [6.07, 6.45) is 3.94. The van der Waals surface area contributed by atoms with Crippen molar-refractivity contribution in [1.82, 2.24) is 4.98 Å². The van der Waals surface area contributed by atoms with Crippen LogP contribution in [0.15, 0.2) is 60.8 Å². The van der Waals surface area contributed by atoms with Crippen LogP contribution < -0.4 is 16.0 Å². The molecule has 1 fully saturated rings. The Bertz CT molecular complexity index is 1240. The number of amides is 2. The molecular formula is C27H29F2N4O2P. The Kier molecular flexibility index (Phi) is 7.65. The number of nitrogens with one attached hydrogen (secondary N) is 1. The number of aryl methyl sites for hydroxylation is 1. The molecule has 36 heavy (non-hydrogen) atoms. The molecule has 2 heterocycles. The molecule has 2 aromatic carbocycles. The van der Waals surface area contributed by atoms with E-state index in [1.807, 2.05) is 19.1 Å². The second-order valence-electron chi connectivity index (χ2n) is 9.15. The van der Waals surface area contributed by atoms with E-state index < -0.39 is 5.66 Å². The minimum absolute atomic E-state index is 0.114. The number of halogens is 2. The van der Waals surface area contributed by atoms with Crippen molar-refractivity contribution in [3.8, 4) is 11.1 Å². The van der Waals surface area contributed by atoms with Crippen molar-refractivity contribution in [2.75, 3.05) is 23.3 Å². The van der Waals surface area contributed by atoms with Gasteiger partial charge in [0.1, 0.15) is 5.82 Å². The Morgan fingerprint density at radius 2 is 1.81 bits per heavy atom. The first-order valence-electron chi connectivity index (χ1n) is 11.8. The van der Waals surface area contributed by atoms with E-state index in [0.29, 0.717) is 34.8 Å². The van der Waals surface area contributed by atoms with Gasteiger partial charge in [0, 0.05) is 30.6 Å². The van der Waals surface area contributed by atoms with Gasteiger partial charge in [0.05, 0.1) is 11.9 Å². The summed E-state index contributed by atoms with van der Waals surface area (Å²) in [5, 5.41) is 2.85. The average Bonchev–Trinajstić information content (AvgIpc) is 2.84. The fourth-order valence-corrected chi connectivity index (χ4v) is 4.80. The number of hydrogen-bond donors (Lipinski definition) is 2. The quantitative estimate of drug-likeness (QED) is 0.421. The van der Waals surface area contributed by atoms with Crippen LogP contribution in [-0.4, -0.2) is 29.9 Å². The van der Waals surface area contributed by atoms with E-state index in [4.69, 9.17) is 5.73 Å². The van der Waals surface area contributed by atoms with Crippen LogP contribution in [0.4, 0.5) is 20.3 Å². The van der Waals surface area contributed by atoms with Gasteiger partial charge in [0.2, 0.25) is 5.91 Å². The predicted octanol–water partition coefficient (Wildman–Crippen LogP) is 5.33. The zero-order chi connectivity index (χ0) is 25.9. The Balaban J connectivity index is 1.47. The average molecular weight is 511 g/mol. The molecule has 188 valence electrons. The molecule has 0 spiro atoms. The molecule has 0 bridgehead atoms. The molecule has 3 aromatic rings. The third-order valence-corrected chi connectivity index (χ3v) is 6.87. The van der Waals surface area contributed by atoms with E-state index in [1.54, 1.807) is 36.5 Å². The van der Waals surface area contributed by atoms with Gasteiger partial charge in [-0.15, -0.1) is 0 Å². The molecule has 3 N–H and O–H groups in total. The maximum atomic E-state index is 13.6. The lowest BCUT2D eigenvalue weighted by molar-refractivity contribution is -0.119. The molecule has 9 heteroatoms. The highest BCUT2D eigenvalue weighted by Crippen LogP contribution is 2.36. The van der Waals surface area contributed by atoms with Crippen molar-refractivity contribution in [3.63, 3.8) is 0 Å². The molecule has 1 atom stereocenters. The van der Waals surface area contributed by atoms with Crippen molar-refractivity contribution in [1.29, 1.82) is 0 Å². The van der Waals surface area contributed by atoms with Crippen LogP contribution in [0.1, 0.15) is 40.7 Å². The number of piperidine rings is 1. The molecule has 0 aliphatic carbocycles. The minimum atomic E-state index is -3.01. The molecule has 1 aliphatic rings. The second-order valence-corrected chi connectivity index (χ2v) is 9.88. The molecule has 6 nitrogen and oxygen atoms in total. The standard InChI is InChI=1S/C27H29F2N4O2P/c1-17-3-2-4-22(25(17)19-5-7-20(8-6-19)27(28,29)36)26(35)32-24-10-9-21(16-31-24)33-13-11-18(12-14-33)15-23(30)34/h2-10,16,18H,11-15,36H2,1H3,(H2,30,34)(H,31,32,35). The number of aromatic nitrogens is 1. The van der Waals surface area contributed by atoms with Crippen molar-refractivity contribution in [2.24, 2.45) is 11.7 Å². The van der Waals surface area contributed by atoms with Crippen molar-refractivity contribution in [2.45, 2.75) is 31.8 Å². The molecule has 1 aliphatic heterocycles. The third-order valence-electron chi connectivity index (χ3n) is 6.53. The highest BCUT2D eigenvalue weighted by atomic mass is 31.0. The minimum Gasteiger partial charge on any atom is -0.370 e. The zero-order valence-electron chi connectivity index (χ0n) is 20.0. The zero-order valence-corrected chi connectivity index (χ0v) is 21.2. The van der Waals surface area contributed by atoms with E-state index in [1.165, 1.54) is 21.4 Å². The lowest BCUT2D eigenvalue weighted by atomic mass is 9.93. The number of primary amides is 1. The van der Waals surface area contributed by atoms with Gasteiger partial charge in [-0.2, -0.15) is 8.78 Å². The van der Waals surface area contributed by atoms with Gasteiger partial charge in [-0.1, -0.05) is 45.6 Å². The van der Waals surface area contributed by atoms with Gasteiger partial charge in [-0.05, 0) is 60.6 Å². The number of alkyl halides is 2. The summed E-state index contributed by atoms with van der Waals surface area (Å²) in [5.74, 6) is 0.146. The van der Waals surface area contributed by atoms with E-state index in [-0.39, 0.29) is 17.4 Å². The number of nitrogens with zero attached hydrogens (tertiary/aromatic N) is 2. The molecular weight excluding hydrogens is 481 g/mol. The van der Waals surface area contributed by atoms with Crippen LogP contribution in [0, 0.1) is 12.8 Å². The largest absolute Gasteiger partial charge is 0.370 e. The molecule has 1 unspecified atom stereocenters. The first kappa shape index (κ1) is 25.7. The summed E-state index contributed by atoms with van der Waals surface area (Å²) in [6.45, 7) is 3.52. The molecule has 4 rings (SSSR count). The van der Waals surface area contributed by atoms with Gasteiger partial charge in [-0.3, -0.25) is 9.59 Å². The van der Waals surface area contributed by atoms with Gasteiger partial charge in [0.15, 0.2) is 0 Å². The van der Waals surface area contributed by atoms with E-state index in [2.05, 4.69) is 15.2 Å². The van der Waals surface area contributed by atoms with Crippen LogP contribution in [-0.2, 0) is 10.5 Å². The summed E-state index contributed by atoms with van der Waals surface area (Å²) in [4.78, 5) is 30.9. The summed E-state index contributed by atoms with van der Waals surface area (Å²) < 4.78 is 27.2. The lowest BCUT2D eigenvalue weighted by Gasteiger charge is -2.33. The van der Waals surface area contributed by atoms with Crippen molar-refractivity contribution >= 4 is 32.6 Å². The van der Waals surface area contributed by atoms with Gasteiger partial charge in [0.25, 0.3) is 11.6 Å². The molecule has 2 amide bonds. The van der Waals surface area contributed by atoms with E-state index in [9.17, 15) is 18.4 Å². The summed E-state index contributed by atoms with van der Waals surface area (Å²) in [5.41, 5.74) is 5.79. The van der Waals surface area contributed by atoms with Gasteiger partial charge in [-0.25, -0.2) is 4.98 Å². The Morgan fingerprint density at radius 3 is 2.39 bits per heavy atom. The Morgan fingerprint density at radius 1 is 1.11 bits per heavy atom. The molecule has 0 saturated carbocycles. The van der Waals surface area contributed by atoms with Crippen LogP contribution in [0.2, 0.25) is 0 Å². The van der Waals surface area contributed by atoms with Crippen LogP contribution in [0.25, 0.3) is 11.1 Å². The topological polar surface area (TPSA) is 88.3 Å². The number of anilines is 2. The first-order chi connectivity index (χ1) is 17.1. The Hall–Kier alpha value is -3.38. The van der Waals surface area contributed by atoms with E-state index >= 15 is 0 Å². The number of pyridine rings is 1. The maximum Gasteiger partial charge on any atom is 0.283 e. The number of benzene rings is 2. The van der Waals surface area contributed by atoms with Crippen LogP contribution >= 0.6 is 9.24 Å². The third kappa shape index (κ3) is 6.05. The number of nitrogens with two attached hydrogens (primary N) is 1. The van der Waals surface area contributed by atoms with Gasteiger partial charge >= 0.3 is 0 Å². The van der Waals surface area contributed by atoms with Gasteiger partial charge < -0.3 is 16.0 Å². The monoisotopic (exact) mass is 510 g/mol. The second kappa shape index (κ2) is 10.7. The van der Waals surface area contributed by atoms with Crippen molar-refractivity contribution < 1.29 is 18.4 Å². The Labute approximate surface area is 211 Å². The van der Waals surface area contributed by atoms with E-state index in [0.717, 1.165) is 37.2 Å². The fourth-order valence-electron chi connectivity index (χ4n) is 4.61. The number of rotatable bonds is 7.